The first-order valence-corrected chi connectivity index (χ1v) is 14.9. The number of rotatable bonds is 8. The van der Waals surface area contributed by atoms with E-state index in [9.17, 15) is 0 Å². The summed E-state index contributed by atoms with van der Waals surface area (Å²) in [4.78, 5) is 14.3. The average molecular weight is 644 g/mol. The Morgan fingerprint density at radius 1 is 1.08 bits per heavy atom. The van der Waals surface area contributed by atoms with Crippen molar-refractivity contribution >= 4 is 68.0 Å². The summed E-state index contributed by atoms with van der Waals surface area (Å²) in [6.07, 6.45) is 9.77. The van der Waals surface area contributed by atoms with E-state index >= 15 is 0 Å². The molecule has 1 fully saturated rings. The molecule has 10 heteroatoms. The fourth-order valence-corrected chi connectivity index (χ4v) is 5.92. The van der Waals surface area contributed by atoms with Crippen molar-refractivity contribution in [1.82, 2.24) is 20.3 Å². The van der Waals surface area contributed by atoms with E-state index in [4.69, 9.17) is 35.4 Å². The lowest BCUT2D eigenvalue weighted by Gasteiger charge is -2.35. The first kappa shape index (κ1) is 27.9. The molecule has 2 heterocycles. The molecule has 5 rings (SSSR count). The molecular formula is C29H29BrCl2N6S. The number of hydrogen-bond acceptors (Lipinski definition) is 4. The lowest BCUT2D eigenvalue weighted by atomic mass is 9.85. The zero-order chi connectivity index (χ0) is 27.2. The van der Waals surface area contributed by atoms with E-state index in [1.165, 1.54) is 6.42 Å². The van der Waals surface area contributed by atoms with Gasteiger partial charge in [-0.1, -0.05) is 47.8 Å². The van der Waals surface area contributed by atoms with Crippen LogP contribution in [0.2, 0.25) is 10.0 Å². The Balaban J connectivity index is 1.22. The summed E-state index contributed by atoms with van der Waals surface area (Å²) < 4.78 is 0.957. The van der Waals surface area contributed by atoms with Gasteiger partial charge in [0.15, 0.2) is 5.11 Å². The third-order valence-corrected chi connectivity index (χ3v) is 8.35. The van der Waals surface area contributed by atoms with Crippen LogP contribution in [0.15, 0.2) is 77.8 Å². The first-order chi connectivity index (χ1) is 18.9. The molecule has 1 aliphatic carbocycles. The predicted molar refractivity (Wildman–Crippen MR) is 169 cm³/mol. The van der Waals surface area contributed by atoms with Gasteiger partial charge in [-0.15, -0.1) is 0 Å². The third kappa shape index (κ3) is 7.72. The maximum atomic E-state index is 6.31. The number of benzene rings is 2. The number of pyridine rings is 1. The molecule has 0 aliphatic heterocycles. The van der Waals surface area contributed by atoms with E-state index in [1.807, 2.05) is 54.9 Å². The van der Waals surface area contributed by atoms with E-state index in [-0.39, 0.29) is 0 Å². The van der Waals surface area contributed by atoms with Crippen LogP contribution in [0, 0.1) is 5.92 Å². The minimum absolute atomic E-state index is 0.309. The molecule has 1 saturated carbocycles. The standard InChI is InChI=1S/C29H29BrCl2N6S/c30-22-8-10-28(34-14-22)38(17-20-7-9-25(31)26(32)12-20)16-19-3-1-5-23(11-19)36-29(39)37-24-6-2-4-21(13-24)27-15-33-18-35-27/h2,4,6-10,12-15,18-19,23H,1,3,5,11,16-17H2,(H,33,35)(H2,36,37,39). The van der Waals surface area contributed by atoms with Gasteiger partial charge in [-0.05, 0) is 95.3 Å². The van der Waals surface area contributed by atoms with Crippen LogP contribution in [0.5, 0.6) is 0 Å². The molecule has 6 nitrogen and oxygen atoms in total. The molecule has 2 unspecified atom stereocenters. The van der Waals surface area contributed by atoms with Crippen molar-refractivity contribution in [2.45, 2.75) is 38.3 Å². The van der Waals surface area contributed by atoms with Crippen LogP contribution in [0.25, 0.3) is 11.3 Å². The minimum atomic E-state index is 0.309. The van der Waals surface area contributed by atoms with Gasteiger partial charge in [0.25, 0.3) is 0 Å². The van der Waals surface area contributed by atoms with Crippen LogP contribution in [0.1, 0.15) is 31.2 Å². The van der Waals surface area contributed by atoms with Crippen molar-refractivity contribution in [3.63, 3.8) is 0 Å². The molecular weight excluding hydrogens is 615 g/mol. The molecule has 0 bridgehead atoms. The largest absolute Gasteiger partial charge is 0.360 e. The summed E-state index contributed by atoms with van der Waals surface area (Å²) in [5.74, 6) is 1.43. The summed E-state index contributed by atoms with van der Waals surface area (Å²) in [6.45, 7) is 1.59. The van der Waals surface area contributed by atoms with Crippen LogP contribution in [0.4, 0.5) is 11.5 Å². The van der Waals surface area contributed by atoms with Gasteiger partial charge in [-0.3, -0.25) is 0 Å². The van der Waals surface area contributed by atoms with Crippen LogP contribution >= 0.6 is 51.3 Å². The molecule has 39 heavy (non-hydrogen) atoms. The number of halogens is 3. The number of H-pyrrole nitrogens is 1. The van der Waals surface area contributed by atoms with Crippen molar-refractivity contribution < 1.29 is 0 Å². The molecule has 2 atom stereocenters. The zero-order valence-electron chi connectivity index (χ0n) is 21.2. The topological polar surface area (TPSA) is 68.9 Å². The molecule has 4 aromatic rings. The third-order valence-electron chi connectivity index (χ3n) is 6.92. The number of aromatic amines is 1. The quantitative estimate of drug-likeness (QED) is 0.169. The van der Waals surface area contributed by atoms with Crippen LogP contribution in [-0.2, 0) is 6.54 Å². The molecule has 0 saturated heterocycles. The SMILES string of the molecule is S=C(Nc1cccc(-c2cnc[nH]2)c1)NC1CCCC(CN(Cc2ccc(Cl)c(Cl)c2)c2ccc(Br)cn2)C1. The Morgan fingerprint density at radius 2 is 1.97 bits per heavy atom. The lowest BCUT2D eigenvalue weighted by molar-refractivity contribution is 0.307. The number of aromatic nitrogens is 3. The van der Waals surface area contributed by atoms with Gasteiger partial charge in [-0.25, -0.2) is 9.97 Å². The minimum Gasteiger partial charge on any atom is -0.360 e. The van der Waals surface area contributed by atoms with Crippen LogP contribution in [-0.4, -0.2) is 32.7 Å². The number of thiocarbonyl (C=S) groups is 1. The van der Waals surface area contributed by atoms with E-state index < -0.39 is 0 Å². The number of nitrogens with zero attached hydrogens (tertiary/aromatic N) is 3. The second kappa shape index (κ2) is 13.1. The van der Waals surface area contributed by atoms with Gasteiger partial charge < -0.3 is 20.5 Å². The number of nitrogens with one attached hydrogen (secondary N) is 3. The molecule has 0 amide bonds. The van der Waals surface area contributed by atoms with Crippen LogP contribution < -0.4 is 15.5 Å². The maximum Gasteiger partial charge on any atom is 0.170 e. The Bertz CT molecular complexity index is 1400. The Labute approximate surface area is 252 Å². The van der Waals surface area contributed by atoms with E-state index in [0.29, 0.717) is 33.7 Å². The fraction of sp³-hybridized carbons (Fsp3) is 0.276. The highest BCUT2D eigenvalue weighted by molar-refractivity contribution is 9.10. The van der Waals surface area contributed by atoms with Gasteiger partial charge in [0.1, 0.15) is 5.82 Å². The smallest absolute Gasteiger partial charge is 0.170 e. The summed E-state index contributed by atoms with van der Waals surface area (Å²) in [7, 11) is 0. The number of hydrogen-bond donors (Lipinski definition) is 3. The van der Waals surface area contributed by atoms with Crippen molar-refractivity contribution in [2.24, 2.45) is 5.92 Å². The molecule has 1 aliphatic rings. The highest BCUT2D eigenvalue weighted by Crippen LogP contribution is 2.29. The normalized spacial score (nSPS) is 17.0. The van der Waals surface area contributed by atoms with E-state index in [0.717, 1.165) is 58.6 Å². The van der Waals surface area contributed by atoms with E-state index in [1.54, 1.807) is 6.33 Å². The first-order valence-electron chi connectivity index (χ1n) is 12.9. The summed E-state index contributed by atoms with van der Waals surface area (Å²) in [6, 6.07) is 18.3. The molecule has 2 aromatic heterocycles. The van der Waals surface area contributed by atoms with Gasteiger partial charge in [-0.2, -0.15) is 0 Å². The molecule has 202 valence electrons. The monoisotopic (exact) mass is 642 g/mol. The van der Waals surface area contributed by atoms with Gasteiger partial charge in [0, 0.05) is 41.1 Å². The fourth-order valence-electron chi connectivity index (χ4n) is 5.08. The van der Waals surface area contributed by atoms with Gasteiger partial charge in [0.2, 0.25) is 0 Å². The molecule has 0 radical (unpaired) electrons. The van der Waals surface area contributed by atoms with E-state index in [2.05, 4.69) is 58.5 Å². The highest BCUT2D eigenvalue weighted by Gasteiger charge is 2.25. The highest BCUT2D eigenvalue weighted by atomic mass is 79.9. The second-order valence-electron chi connectivity index (χ2n) is 9.84. The van der Waals surface area contributed by atoms with Crippen molar-refractivity contribution in [2.75, 3.05) is 16.8 Å². The number of imidazole rings is 1. The van der Waals surface area contributed by atoms with Gasteiger partial charge in [0.05, 0.1) is 28.3 Å². The van der Waals surface area contributed by atoms with Crippen molar-refractivity contribution in [3.05, 3.63) is 93.4 Å². The lowest BCUT2D eigenvalue weighted by Crippen LogP contribution is -2.42. The Morgan fingerprint density at radius 3 is 2.74 bits per heavy atom. The summed E-state index contributed by atoms with van der Waals surface area (Å²) in [5, 5.41) is 8.69. The molecule has 3 N–H and O–H groups in total. The van der Waals surface area contributed by atoms with Crippen molar-refractivity contribution in [1.29, 1.82) is 0 Å². The predicted octanol–water partition coefficient (Wildman–Crippen LogP) is 8.09. The zero-order valence-corrected chi connectivity index (χ0v) is 25.1. The van der Waals surface area contributed by atoms with Crippen LogP contribution in [0.3, 0.4) is 0 Å². The second-order valence-corrected chi connectivity index (χ2v) is 12.0. The average Bonchev–Trinajstić information content (AvgIpc) is 3.47. The molecule has 2 aromatic carbocycles. The Kier molecular flexibility index (Phi) is 9.40. The Hall–Kier alpha value is -2.65. The molecule has 0 spiro atoms. The number of anilines is 2. The summed E-state index contributed by atoms with van der Waals surface area (Å²) >= 11 is 21.7. The summed E-state index contributed by atoms with van der Waals surface area (Å²) in [5.41, 5.74) is 4.07. The van der Waals surface area contributed by atoms with Crippen molar-refractivity contribution in [3.8, 4) is 11.3 Å². The maximum absolute atomic E-state index is 6.31. The van der Waals surface area contributed by atoms with Gasteiger partial charge >= 0.3 is 0 Å².